The number of hydrogen-bond acceptors (Lipinski definition) is 6. The van der Waals surface area contributed by atoms with Crippen LogP contribution in [-0.4, -0.2) is 17.2 Å². The first-order chi connectivity index (χ1) is 13.0. The molecule has 2 N–H and O–H groups in total. The third kappa shape index (κ3) is 3.82. The molecule has 0 saturated heterocycles. The van der Waals surface area contributed by atoms with Crippen LogP contribution in [0.15, 0.2) is 53.5 Å². The van der Waals surface area contributed by atoms with Crippen LogP contribution in [0.1, 0.15) is 15.9 Å². The lowest BCUT2D eigenvalue weighted by atomic mass is 10.2. The number of aromatic nitrogens is 1. The number of ether oxygens (including phenoxy) is 2. The predicted molar refractivity (Wildman–Crippen MR) is 96.5 cm³/mol. The van der Waals surface area contributed by atoms with Crippen LogP contribution in [0.5, 0.6) is 11.5 Å². The highest BCUT2D eigenvalue weighted by atomic mass is 32.1. The summed E-state index contributed by atoms with van der Waals surface area (Å²) >= 11 is 1.38. The number of pyridine rings is 1. The molecule has 2 aromatic heterocycles. The van der Waals surface area contributed by atoms with Crippen LogP contribution in [0.3, 0.4) is 0 Å². The van der Waals surface area contributed by atoms with Crippen LogP contribution in [0.4, 0.5) is 20.2 Å². The number of carbonyl (C=O) groups is 1. The van der Waals surface area contributed by atoms with Crippen molar-refractivity contribution in [2.75, 3.05) is 10.6 Å². The summed E-state index contributed by atoms with van der Waals surface area (Å²) in [4.78, 5) is 16.5. The number of alkyl halides is 2. The van der Waals surface area contributed by atoms with Gasteiger partial charge in [0.05, 0.1) is 11.3 Å². The van der Waals surface area contributed by atoms with E-state index in [4.69, 9.17) is 0 Å². The van der Waals surface area contributed by atoms with Crippen molar-refractivity contribution in [1.29, 1.82) is 0 Å². The molecule has 0 fully saturated rings. The number of nitrogens with one attached hydrogen (secondary N) is 2. The summed E-state index contributed by atoms with van der Waals surface area (Å²) in [5, 5.41) is 9.43. The number of benzene rings is 1. The summed E-state index contributed by atoms with van der Waals surface area (Å²) in [6.07, 6.45) is -0.300. The van der Waals surface area contributed by atoms with E-state index < -0.39 is 6.29 Å². The minimum atomic E-state index is -3.69. The van der Waals surface area contributed by atoms with Crippen molar-refractivity contribution in [3.63, 3.8) is 0 Å². The van der Waals surface area contributed by atoms with E-state index in [0.29, 0.717) is 23.5 Å². The number of fused-ring (bicyclic) bond motifs is 1. The smallest absolute Gasteiger partial charge is 0.395 e. The number of nitrogens with zero attached hydrogens (tertiary/aromatic N) is 1. The highest BCUT2D eigenvalue weighted by molar-refractivity contribution is 7.08. The number of hydrogen-bond donors (Lipinski definition) is 2. The highest BCUT2D eigenvalue weighted by Crippen LogP contribution is 2.42. The van der Waals surface area contributed by atoms with E-state index in [1.54, 1.807) is 17.8 Å². The molecule has 0 bridgehead atoms. The second kappa shape index (κ2) is 6.84. The Morgan fingerprint density at radius 2 is 1.89 bits per heavy atom. The van der Waals surface area contributed by atoms with Crippen LogP contribution in [0.2, 0.25) is 0 Å². The van der Waals surface area contributed by atoms with Crippen molar-refractivity contribution in [2.24, 2.45) is 0 Å². The molecule has 9 heteroatoms. The maximum Gasteiger partial charge on any atom is 0.586 e. The van der Waals surface area contributed by atoms with Crippen molar-refractivity contribution in [3.8, 4) is 11.5 Å². The van der Waals surface area contributed by atoms with Crippen LogP contribution < -0.4 is 20.1 Å². The number of carbonyl (C=O) groups excluding carboxylic acids is 1. The van der Waals surface area contributed by atoms with E-state index in [0.717, 1.165) is 5.56 Å². The average molecular weight is 389 g/mol. The van der Waals surface area contributed by atoms with Crippen molar-refractivity contribution in [3.05, 3.63) is 64.6 Å². The van der Waals surface area contributed by atoms with Gasteiger partial charge in [-0.1, -0.05) is 0 Å². The summed E-state index contributed by atoms with van der Waals surface area (Å²) in [7, 11) is 0. The van der Waals surface area contributed by atoms with Crippen LogP contribution in [-0.2, 0) is 6.54 Å². The van der Waals surface area contributed by atoms with Crippen LogP contribution in [0, 0.1) is 0 Å². The van der Waals surface area contributed by atoms with Gasteiger partial charge in [-0.25, -0.2) is 0 Å². The first-order valence-corrected chi connectivity index (χ1v) is 8.85. The fraction of sp³-hybridized carbons (Fsp3) is 0.111. The minimum absolute atomic E-state index is 0.0757. The van der Waals surface area contributed by atoms with Gasteiger partial charge < -0.3 is 20.1 Å². The van der Waals surface area contributed by atoms with E-state index in [1.807, 2.05) is 17.5 Å². The molecule has 0 saturated carbocycles. The maximum absolute atomic E-state index is 13.1. The first kappa shape index (κ1) is 17.2. The lowest BCUT2D eigenvalue weighted by Crippen LogP contribution is -2.25. The molecule has 4 rings (SSSR count). The molecule has 27 heavy (non-hydrogen) atoms. The van der Waals surface area contributed by atoms with E-state index in [-0.39, 0.29) is 17.4 Å². The molecule has 0 atom stereocenters. The number of rotatable bonds is 5. The summed E-state index contributed by atoms with van der Waals surface area (Å²) in [6.45, 7) is 0.540. The largest absolute Gasteiger partial charge is 0.586 e. The van der Waals surface area contributed by atoms with Crippen molar-refractivity contribution >= 4 is 28.6 Å². The zero-order valence-corrected chi connectivity index (χ0v) is 14.6. The molecule has 138 valence electrons. The Hall–Kier alpha value is -3.20. The Bertz CT molecular complexity index is 979. The zero-order chi connectivity index (χ0) is 18.9. The Morgan fingerprint density at radius 3 is 2.70 bits per heavy atom. The van der Waals surface area contributed by atoms with Crippen LogP contribution >= 0.6 is 11.3 Å². The molecule has 1 amide bonds. The molecular weight excluding hydrogens is 376 g/mol. The summed E-state index contributed by atoms with van der Waals surface area (Å²) in [6, 6.07) is 7.84. The molecular formula is C18H13F2N3O3S. The topological polar surface area (TPSA) is 72.5 Å². The SMILES string of the molecule is O=C(Nc1ccc2c(c1)OC(F)(F)O2)c1cscc1NCc1ccncc1. The highest BCUT2D eigenvalue weighted by Gasteiger charge is 2.43. The normalized spacial score (nSPS) is 14.0. The van der Waals surface area contributed by atoms with Gasteiger partial charge >= 0.3 is 6.29 Å². The molecule has 3 aromatic rings. The van der Waals surface area contributed by atoms with Gasteiger partial charge in [-0.05, 0) is 29.8 Å². The Kier molecular flexibility index (Phi) is 4.36. The number of amides is 1. The van der Waals surface area contributed by atoms with Crippen molar-refractivity contribution < 1.29 is 23.0 Å². The molecule has 1 aliphatic heterocycles. The van der Waals surface area contributed by atoms with Gasteiger partial charge in [0.1, 0.15) is 0 Å². The van der Waals surface area contributed by atoms with E-state index in [9.17, 15) is 13.6 Å². The molecule has 0 radical (unpaired) electrons. The van der Waals surface area contributed by atoms with E-state index in [1.165, 1.54) is 29.5 Å². The lowest BCUT2D eigenvalue weighted by molar-refractivity contribution is -0.286. The van der Waals surface area contributed by atoms with Crippen molar-refractivity contribution in [2.45, 2.75) is 12.8 Å². The molecule has 1 aromatic carbocycles. The van der Waals surface area contributed by atoms with Gasteiger partial charge in [-0.2, -0.15) is 0 Å². The maximum atomic E-state index is 13.1. The van der Waals surface area contributed by atoms with E-state index >= 15 is 0 Å². The summed E-state index contributed by atoms with van der Waals surface area (Å²) in [5.41, 5.74) is 2.49. The number of thiophene rings is 1. The molecule has 1 aliphatic rings. The molecule has 0 aliphatic carbocycles. The summed E-state index contributed by atoms with van der Waals surface area (Å²) in [5.74, 6) is -0.563. The predicted octanol–water partition coefficient (Wildman–Crippen LogP) is 4.33. The van der Waals surface area contributed by atoms with E-state index in [2.05, 4.69) is 25.1 Å². The zero-order valence-electron chi connectivity index (χ0n) is 13.7. The van der Waals surface area contributed by atoms with Crippen molar-refractivity contribution in [1.82, 2.24) is 4.98 Å². The third-order valence-corrected chi connectivity index (χ3v) is 4.54. The molecule has 6 nitrogen and oxygen atoms in total. The van der Waals surface area contributed by atoms with Gasteiger partial charge in [0.2, 0.25) is 0 Å². The summed E-state index contributed by atoms with van der Waals surface area (Å²) < 4.78 is 34.9. The lowest BCUT2D eigenvalue weighted by Gasteiger charge is -2.09. The van der Waals surface area contributed by atoms with Gasteiger partial charge in [0, 0.05) is 41.5 Å². The standard InChI is InChI=1S/C18H13F2N3O3S/c19-18(20)25-15-2-1-12(7-16(15)26-18)23-17(24)13-9-27-10-14(13)22-8-11-3-5-21-6-4-11/h1-7,9-10,22H,8H2,(H,23,24). The average Bonchev–Trinajstić information content (AvgIpc) is 3.23. The number of halogens is 2. The monoisotopic (exact) mass is 389 g/mol. The van der Waals surface area contributed by atoms with Gasteiger partial charge in [-0.15, -0.1) is 20.1 Å². The Balaban J connectivity index is 1.45. The first-order valence-electron chi connectivity index (χ1n) is 7.90. The second-order valence-electron chi connectivity index (χ2n) is 5.69. The van der Waals surface area contributed by atoms with Gasteiger partial charge in [0.25, 0.3) is 5.91 Å². The minimum Gasteiger partial charge on any atom is -0.395 e. The molecule has 0 spiro atoms. The van der Waals surface area contributed by atoms with Crippen LogP contribution in [0.25, 0.3) is 0 Å². The fourth-order valence-corrected chi connectivity index (χ4v) is 3.32. The van der Waals surface area contributed by atoms with Gasteiger partial charge in [0.15, 0.2) is 11.5 Å². The quantitative estimate of drug-likeness (QED) is 0.680. The molecule has 0 unspecified atom stereocenters. The Morgan fingerprint density at radius 1 is 1.11 bits per heavy atom. The Labute approximate surface area is 156 Å². The fourth-order valence-electron chi connectivity index (χ4n) is 2.53. The number of anilines is 2. The third-order valence-electron chi connectivity index (χ3n) is 3.80. The van der Waals surface area contributed by atoms with Gasteiger partial charge in [-0.3, -0.25) is 9.78 Å². The molecule has 3 heterocycles. The second-order valence-corrected chi connectivity index (χ2v) is 6.43.